The zero-order chi connectivity index (χ0) is 22.1. The van der Waals surface area contributed by atoms with Gasteiger partial charge in [-0.3, -0.25) is 4.72 Å². The maximum atomic E-state index is 13.2. The monoisotopic (exact) mass is 455 g/mol. The molecule has 0 aromatic heterocycles. The fourth-order valence-corrected chi connectivity index (χ4v) is 4.84. The molecule has 0 saturated heterocycles. The van der Waals surface area contributed by atoms with Gasteiger partial charge >= 0.3 is 0 Å². The number of aryl methyl sites for hydroxylation is 1. The van der Waals surface area contributed by atoms with Crippen LogP contribution in [0.1, 0.15) is 38.7 Å². The second-order valence-corrected chi connectivity index (χ2v) is 8.84. The third kappa shape index (κ3) is 6.27. The van der Waals surface area contributed by atoms with Gasteiger partial charge in [0, 0.05) is 18.7 Å². The second-order valence-electron chi connectivity index (χ2n) is 6.78. The zero-order valence-corrected chi connectivity index (χ0v) is 19.5. The Kier molecular flexibility index (Phi) is 9.27. The minimum Gasteiger partial charge on any atom is -0.495 e. The quantitative estimate of drug-likeness (QED) is 0.470. The summed E-state index contributed by atoms with van der Waals surface area (Å²) in [6.45, 7) is 4.76. The van der Waals surface area contributed by atoms with E-state index < -0.39 is 10.0 Å². The summed E-state index contributed by atoms with van der Waals surface area (Å²) in [6.07, 6.45) is 3.50. The van der Waals surface area contributed by atoms with Gasteiger partial charge in [0.15, 0.2) is 0 Å². The lowest BCUT2D eigenvalue weighted by molar-refractivity contribution is 0.0529. The van der Waals surface area contributed by atoms with Crippen LogP contribution in [0.3, 0.4) is 0 Å². The number of benzene rings is 2. The van der Waals surface area contributed by atoms with E-state index in [2.05, 4.69) is 11.6 Å². The van der Waals surface area contributed by atoms with Crippen LogP contribution in [0.2, 0.25) is 5.02 Å². The number of halogens is 1. The predicted molar refractivity (Wildman–Crippen MR) is 120 cm³/mol. The van der Waals surface area contributed by atoms with E-state index in [0.717, 1.165) is 24.8 Å². The molecule has 1 unspecified atom stereocenters. The van der Waals surface area contributed by atoms with E-state index in [1.807, 2.05) is 19.1 Å². The molecule has 0 amide bonds. The van der Waals surface area contributed by atoms with Gasteiger partial charge in [-0.15, -0.1) is 0 Å². The number of hydrogen-bond donors (Lipinski definition) is 1. The molecular weight excluding hydrogens is 426 g/mol. The molecule has 0 fully saturated rings. The van der Waals surface area contributed by atoms with Crippen LogP contribution in [0.25, 0.3) is 0 Å². The Bertz CT molecular complexity index is 933. The highest BCUT2D eigenvalue weighted by Crippen LogP contribution is 2.37. The molecule has 2 rings (SSSR count). The molecule has 1 atom stereocenters. The van der Waals surface area contributed by atoms with Crippen LogP contribution in [0, 0.1) is 0 Å². The van der Waals surface area contributed by atoms with Crippen LogP contribution < -0.4 is 14.2 Å². The smallest absolute Gasteiger partial charge is 0.262 e. The lowest BCUT2D eigenvalue weighted by Crippen LogP contribution is -2.16. The highest BCUT2D eigenvalue weighted by molar-refractivity contribution is 7.92. The maximum absolute atomic E-state index is 13.2. The molecule has 0 heterocycles. The average molecular weight is 456 g/mol. The molecule has 30 heavy (non-hydrogen) atoms. The second kappa shape index (κ2) is 11.4. The fraction of sp³-hybridized carbons (Fsp3) is 0.455. The third-order valence-corrected chi connectivity index (χ3v) is 6.57. The van der Waals surface area contributed by atoms with Gasteiger partial charge in [-0.1, -0.05) is 36.7 Å². The topological polar surface area (TPSA) is 73.9 Å². The molecule has 0 spiro atoms. The lowest BCUT2D eigenvalue weighted by Gasteiger charge is -2.17. The minimum atomic E-state index is -3.84. The van der Waals surface area contributed by atoms with Gasteiger partial charge in [0.25, 0.3) is 10.0 Å². The average Bonchev–Trinajstić information content (AvgIpc) is 2.74. The van der Waals surface area contributed by atoms with E-state index in [9.17, 15) is 8.42 Å². The molecule has 0 aliphatic rings. The van der Waals surface area contributed by atoms with Crippen molar-refractivity contribution in [2.24, 2.45) is 0 Å². The van der Waals surface area contributed by atoms with E-state index in [-0.39, 0.29) is 16.7 Å². The summed E-state index contributed by atoms with van der Waals surface area (Å²) in [5, 5.41) is 0.331. The first-order valence-corrected chi connectivity index (χ1v) is 11.9. The SMILES string of the molecule is CCOC(CC)CCCc1ccccc1S(=O)(=O)Nc1cc(OC)c(Cl)cc1OC. The Morgan fingerprint density at radius 2 is 1.77 bits per heavy atom. The summed E-state index contributed by atoms with van der Waals surface area (Å²) < 4.78 is 45.1. The van der Waals surface area contributed by atoms with Crippen molar-refractivity contribution in [3.05, 3.63) is 47.0 Å². The number of sulfonamides is 1. The van der Waals surface area contributed by atoms with Crippen molar-refractivity contribution in [2.45, 2.75) is 50.5 Å². The highest BCUT2D eigenvalue weighted by Gasteiger charge is 2.21. The maximum Gasteiger partial charge on any atom is 0.262 e. The van der Waals surface area contributed by atoms with Crippen molar-refractivity contribution in [1.29, 1.82) is 0 Å². The van der Waals surface area contributed by atoms with Gasteiger partial charge < -0.3 is 14.2 Å². The van der Waals surface area contributed by atoms with E-state index in [1.165, 1.54) is 26.4 Å². The van der Waals surface area contributed by atoms with Crippen molar-refractivity contribution in [3.8, 4) is 11.5 Å². The molecule has 0 radical (unpaired) electrons. The van der Waals surface area contributed by atoms with Crippen LogP contribution in [0.4, 0.5) is 5.69 Å². The first-order chi connectivity index (χ1) is 14.4. The summed E-state index contributed by atoms with van der Waals surface area (Å²) in [5.74, 6) is 0.661. The summed E-state index contributed by atoms with van der Waals surface area (Å²) in [6, 6.07) is 10.0. The molecule has 2 aromatic rings. The van der Waals surface area contributed by atoms with Crippen LogP contribution in [0.5, 0.6) is 11.5 Å². The number of ether oxygens (including phenoxy) is 3. The first kappa shape index (κ1) is 24.3. The Labute approximate surface area is 184 Å². The van der Waals surface area contributed by atoms with Crippen molar-refractivity contribution >= 4 is 27.3 Å². The fourth-order valence-electron chi connectivity index (χ4n) is 3.27. The summed E-state index contributed by atoms with van der Waals surface area (Å²) >= 11 is 6.12. The van der Waals surface area contributed by atoms with Crippen molar-refractivity contribution in [1.82, 2.24) is 0 Å². The largest absolute Gasteiger partial charge is 0.495 e. The molecule has 6 nitrogen and oxygen atoms in total. The summed E-state index contributed by atoms with van der Waals surface area (Å²) in [5.41, 5.74) is 1.02. The van der Waals surface area contributed by atoms with E-state index in [1.54, 1.807) is 12.1 Å². The lowest BCUT2D eigenvalue weighted by atomic mass is 10.0. The Hall–Kier alpha value is -1.96. The molecule has 1 N–H and O–H groups in total. The van der Waals surface area contributed by atoms with Gasteiger partial charge in [-0.2, -0.15) is 0 Å². The molecule has 0 bridgehead atoms. The van der Waals surface area contributed by atoms with Gasteiger partial charge in [0.2, 0.25) is 0 Å². The molecule has 0 saturated carbocycles. The minimum absolute atomic E-state index is 0.197. The number of anilines is 1. The Morgan fingerprint density at radius 1 is 1.07 bits per heavy atom. The van der Waals surface area contributed by atoms with Crippen LogP contribution in [-0.2, 0) is 21.2 Å². The van der Waals surface area contributed by atoms with Crippen LogP contribution in [-0.4, -0.2) is 35.3 Å². The van der Waals surface area contributed by atoms with Crippen molar-refractivity contribution in [2.75, 3.05) is 25.5 Å². The Morgan fingerprint density at radius 3 is 2.40 bits per heavy atom. The van der Waals surface area contributed by atoms with E-state index >= 15 is 0 Å². The number of methoxy groups -OCH3 is 2. The first-order valence-electron chi connectivity index (χ1n) is 10.00. The summed E-state index contributed by atoms with van der Waals surface area (Å²) in [4.78, 5) is 0.241. The highest BCUT2D eigenvalue weighted by atomic mass is 35.5. The van der Waals surface area contributed by atoms with Crippen LogP contribution >= 0.6 is 11.6 Å². The van der Waals surface area contributed by atoms with Crippen LogP contribution in [0.15, 0.2) is 41.3 Å². The molecular formula is C22H30ClNO5S. The molecule has 8 heteroatoms. The third-order valence-electron chi connectivity index (χ3n) is 4.81. The predicted octanol–water partition coefficient (Wildman–Crippen LogP) is 5.30. The van der Waals surface area contributed by atoms with Gasteiger partial charge in [0.1, 0.15) is 11.5 Å². The number of rotatable bonds is 12. The van der Waals surface area contributed by atoms with Crippen molar-refractivity contribution in [3.63, 3.8) is 0 Å². The molecule has 0 aliphatic carbocycles. The van der Waals surface area contributed by atoms with Gasteiger partial charge in [0.05, 0.1) is 35.9 Å². The Balaban J connectivity index is 2.25. The van der Waals surface area contributed by atoms with E-state index in [4.69, 9.17) is 25.8 Å². The van der Waals surface area contributed by atoms with Crippen molar-refractivity contribution < 1.29 is 22.6 Å². The van der Waals surface area contributed by atoms with Gasteiger partial charge in [-0.25, -0.2) is 8.42 Å². The molecule has 166 valence electrons. The zero-order valence-electron chi connectivity index (χ0n) is 17.9. The van der Waals surface area contributed by atoms with E-state index in [0.29, 0.717) is 29.5 Å². The number of nitrogens with one attached hydrogen (secondary N) is 1. The molecule has 0 aliphatic heterocycles. The molecule has 2 aromatic carbocycles. The van der Waals surface area contributed by atoms with Gasteiger partial charge in [-0.05, 0) is 44.2 Å². The standard InChI is InChI=1S/C22H30ClNO5S/c1-5-17(29-6-2)12-9-11-16-10-7-8-13-22(16)30(25,26)24-19-15-20(27-3)18(23)14-21(19)28-4/h7-8,10,13-15,17,24H,5-6,9,11-12H2,1-4H3. The number of hydrogen-bond acceptors (Lipinski definition) is 5. The summed E-state index contributed by atoms with van der Waals surface area (Å²) in [7, 11) is -0.925. The normalized spacial score (nSPS) is 12.4.